The van der Waals surface area contributed by atoms with E-state index >= 15 is 0 Å². The van der Waals surface area contributed by atoms with E-state index < -0.39 is 23.0 Å². The molecule has 0 aliphatic carbocycles. The molecule has 18 heavy (non-hydrogen) atoms. The third kappa shape index (κ3) is 3.29. The van der Waals surface area contributed by atoms with Gasteiger partial charge in [-0.15, -0.1) is 0 Å². The zero-order chi connectivity index (χ0) is 13.9. The fourth-order valence-corrected chi connectivity index (χ4v) is 1.61. The van der Waals surface area contributed by atoms with Gasteiger partial charge < -0.3 is 11.1 Å². The van der Waals surface area contributed by atoms with E-state index in [0.717, 1.165) is 0 Å². The van der Waals surface area contributed by atoms with Crippen molar-refractivity contribution in [2.45, 2.75) is 13.8 Å². The Labute approximate surface area is 113 Å². The number of nitrogens with one attached hydrogen (secondary N) is 1. The van der Waals surface area contributed by atoms with Crippen molar-refractivity contribution in [2.24, 2.45) is 11.1 Å². The summed E-state index contributed by atoms with van der Waals surface area (Å²) in [4.78, 5) is 22.9. The van der Waals surface area contributed by atoms with Crippen molar-refractivity contribution in [3.63, 3.8) is 0 Å². The lowest BCUT2D eigenvalue weighted by Gasteiger charge is -2.20. The van der Waals surface area contributed by atoms with E-state index in [1.54, 1.807) is 13.8 Å². The molecule has 4 nitrogen and oxygen atoms in total. The van der Waals surface area contributed by atoms with Crippen molar-refractivity contribution in [1.29, 1.82) is 0 Å². The van der Waals surface area contributed by atoms with Crippen LogP contribution < -0.4 is 11.1 Å². The molecule has 0 saturated heterocycles. The van der Waals surface area contributed by atoms with Gasteiger partial charge in [-0.1, -0.05) is 6.07 Å². The first kappa shape index (κ1) is 14.6. The van der Waals surface area contributed by atoms with Gasteiger partial charge in [0.05, 0.1) is 15.5 Å². The number of amides is 2. The minimum atomic E-state index is -0.852. The normalized spacial score (nSPS) is 11.1. The number of carbonyl (C=O) groups excluding carboxylic acids is 2. The van der Waals surface area contributed by atoms with Crippen LogP contribution in [-0.2, 0) is 4.79 Å². The van der Waals surface area contributed by atoms with Gasteiger partial charge in [0.2, 0.25) is 5.91 Å². The fraction of sp³-hybridized carbons (Fsp3) is 0.333. The highest BCUT2D eigenvalue weighted by Gasteiger charge is 2.26. The van der Waals surface area contributed by atoms with Gasteiger partial charge in [0.1, 0.15) is 5.82 Å². The second-order valence-electron chi connectivity index (χ2n) is 4.53. The molecular weight excluding hydrogens is 303 g/mol. The maximum absolute atomic E-state index is 13.2. The molecule has 2 amide bonds. The molecule has 0 fully saturated rings. The number of benzene rings is 1. The van der Waals surface area contributed by atoms with Crippen LogP contribution in [0.15, 0.2) is 22.7 Å². The number of primary amides is 1. The first-order valence-electron chi connectivity index (χ1n) is 5.28. The van der Waals surface area contributed by atoms with E-state index in [-0.39, 0.29) is 16.6 Å². The fourth-order valence-electron chi connectivity index (χ4n) is 1.16. The van der Waals surface area contributed by atoms with Crippen LogP contribution in [0.2, 0.25) is 0 Å². The summed E-state index contributed by atoms with van der Waals surface area (Å²) in [5.74, 6) is -1.49. The number of halogens is 2. The summed E-state index contributed by atoms with van der Waals surface area (Å²) in [5.41, 5.74) is 4.51. The first-order valence-corrected chi connectivity index (χ1v) is 6.07. The monoisotopic (exact) mass is 316 g/mol. The average Bonchev–Trinajstić information content (AvgIpc) is 2.29. The summed E-state index contributed by atoms with van der Waals surface area (Å²) in [5, 5.41) is 2.55. The molecule has 0 aliphatic heterocycles. The molecule has 1 aromatic carbocycles. The molecule has 0 heterocycles. The van der Waals surface area contributed by atoms with E-state index in [2.05, 4.69) is 21.2 Å². The molecule has 0 atom stereocenters. The minimum absolute atomic E-state index is 0.0874. The van der Waals surface area contributed by atoms with E-state index in [9.17, 15) is 14.0 Å². The Hall–Kier alpha value is -1.43. The predicted molar refractivity (Wildman–Crippen MR) is 69.4 cm³/mol. The summed E-state index contributed by atoms with van der Waals surface area (Å²) in [7, 11) is 0. The second kappa shape index (κ2) is 5.48. The van der Waals surface area contributed by atoms with Crippen molar-refractivity contribution >= 4 is 27.7 Å². The first-order chi connectivity index (χ1) is 8.25. The van der Waals surface area contributed by atoms with Crippen LogP contribution in [0.1, 0.15) is 24.2 Å². The molecule has 1 rings (SSSR count). The summed E-state index contributed by atoms with van der Waals surface area (Å²) >= 11 is 3.00. The van der Waals surface area contributed by atoms with Gasteiger partial charge in [-0.2, -0.15) is 0 Å². The Morgan fingerprint density at radius 2 is 2.06 bits per heavy atom. The van der Waals surface area contributed by atoms with Crippen molar-refractivity contribution < 1.29 is 14.0 Å². The Morgan fingerprint density at radius 3 is 2.61 bits per heavy atom. The Kier molecular flexibility index (Phi) is 4.45. The van der Waals surface area contributed by atoms with Crippen LogP contribution in [0.4, 0.5) is 4.39 Å². The largest absolute Gasteiger partial charge is 0.369 e. The van der Waals surface area contributed by atoms with E-state index in [1.165, 1.54) is 18.2 Å². The van der Waals surface area contributed by atoms with Crippen molar-refractivity contribution in [3.8, 4) is 0 Å². The number of hydrogen-bond donors (Lipinski definition) is 2. The van der Waals surface area contributed by atoms with Gasteiger partial charge in [0, 0.05) is 6.54 Å². The second-order valence-corrected chi connectivity index (χ2v) is 5.33. The standard InChI is InChI=1S/C12H14BrFN2O2/c1-12(2,11(15)18)6-16-10(17)7-4-3-5-8(14)9(7)13/h3-5H,6H2,1-2H3,(H2,15,18)(H,16,17). The predicted octanol–water partition coefficient (Wildman–Crippen LogP) is 1.83. The molecule has 98 valence electrons. The molecule has 1 aromatic rings. The number of hydrogen-bond acceptors (Lipinski definition) is 2. The van der Waals surface area contributed by atoms with Crippen LogP contribution in [0.3, 0.4) is 0 Å². The number of rotatable bonds is 4. The molecular formula is C12H14BrFN2O2. The summed E-state index contributed by atoms with van der Waals surface area (Å²) < 4.78 is 13.3. The maximum atomic E-state index is 13.2. The molecule has 0 spiro atoms. The van der Waals surface area contributed by atoms with E-state index in [0.29, 0.717) is 0 Å². The van der Waals surface area contributed by atoms with Gasteiger partial charge >= 0.3 is 0 Å². The maximum Gasteiger partial charge on any atom is 0.252 e. The van der Waals surface area contributed by atoms with Crippen molar-refractivity contribution in [2.75, 3.05) is 6.54 Å². The van der Waals surface area contributed by atoms with Crippen LogP contribution in [0.5, 0.6) is 0 Å². The lowest BCUT2D eigenvalue weighted by Crippen LogP contribution is -2.42. The summed E-state index contributed by atoms with van der Waals surface area (Å²) in [6, 6.07) is 4.17. The molecule has 0 aliphatic rings. The van der Waals surface area contributed by atoms with Gasteiger partial charge in [-0.05, 0) is 41.9 Å². The minimum Gasteiger partial charge on any atom is -0.369 e. The zero-order valence-electron chi connectivity index (χ0n) is 10.1. The molecule has 0 saturated carbocycles. The molecule has 0 bridgehead atoms. The van der Waals surface area contributed by atoms with Crippen molar-refractivity contribution in [1.82, 2.24) is 5.32 Å². The van der Waals surface area contributed by atoms with E-state index in [4.69, 9.17) is 5.73 Å². The van der Waals surface area contributed by atoms with Crippen LogP contribution >= 0.6 is 15.9 Å². The lowest BCUT2D eigenvalue weighted by molar-refractivity contribution is -0.125. The molecule has 3 N–H and O–H groups in total. The number of carbonyl (C=O) groups is 2. The van der Waals surface area contributed by atoms with Gasteiger partial charge in [-0.3, -0.25) is 9.59 Å². The molecule has 6 heteroatoms. The third-order valence-electron chi connectivity index (χ3n) is 2.55. The Morgan fingerprint density at radius 1 is 1.44 bits per heavy atom. The van der Waals surface area contributed by atoms with Gasteiger partial charge in [0.15, 0.2) is 0 Å². The Bertz CT molecular complexity index is 489. The average molecular weight is 317 g/mol. The van der Waals surface area contributed by atoms with Crippen LogP contribution in [-0.4, -0.2) is 18.4 Å². The zero-order valence-corrected chi connectivity index (χ0v) is 11.7. The third-order valence-corrected chi connectivity index (χ3v) is 3.36. The van der Waals surface area contributed by atoms with E-state index in [1.807, 2.05) is 0 Å². The highest BCUT2D eigenvalue weighted by Crippen LogP contribution is 2.20. The summed E-state index contributed by atoms with van der Waals surface area (Å²) in [6.07, 6.45) is 0. The van der Waals surface area contributed by atoms with Crippen LogP contribution in [0, 0.1) is 11.2 Å². The molecule has 0 radical (unpaired) electrons. The quantitative estimate of drug-likeness (QED) is 0.889. The molecule has 0 aromatic heterocycles. The van der Waals surface area contributed by atoms with Gasteiger partial charge in [-0.25, -0.2) is 4.39 Å². The van der Waals surface area contributed by atoms with Crippen molar-refractivity contribution in [3.05, 3.63) is 34.1 Å². The highest BCUT2D eigenvalue weighted by molar-refractivity contribution is 9.10. The SMILES string of the molecule is CC(C)(CNC(=O)c1cccc(F)c1Br)C(N)=O. The van der Waals surface area contributed by atoms with Crippen LogP contribution in [0.25, 0.3) is 0 Å². The highest BCUT2D eigenvalue weighted by atomic mass is 79.9. The Balaban J connectivity index is 2.78. The van der Waals surface area contributed by atoms with Gasteiger partial charge in [0.25, 0.3) is 5.91 Å². The molecule has 0 unspecified atom stereocenters. The number of nitrogens with two attached hydrogens (primary N) is 1. The topological polar surface area (TPSA) is 72.2 Å². The smallest absolute Gasteiger partial charge is 0.252 e. The lowest BCUT2D eigenvalue weighted by atomic mass is 9.92. The summed E-state index contributed by atoms with van der Waals surface area (Å²) in [6.45, 7) is 3.33.